The van der Waals surface area contributed by atoms with Crippen LogP contribution in [0, 0.1) is 10.1 Å². The lowest BCUT2D eigenvalue weighted by Gasteiger charge is -2.30. The Labute approximate surface area is 131 Å². The number of likely N-dealkylation sites (N-methyl/N-ethyl adjacent to an activating group) is 1. The van der Waals surface area contributed by atoms with E-state index in [0.29, 0.717) is 12.4 Å². The Hall–Kier alpha value is -2.03. The molecule has 1 fully saturated rings. The average Bonchev–Trinajstić information content (AvgIpc) is 2.96. The molecule has 8 nitrogen and oxygen atoms in total. The Bertz CT molecular complexity index is 705. The lowest BCUT2D eigenvalue weighted by atomic mass is 10.1. The van der Waals surface area contributed by atoms with E-state index in [-0.39, 0.29) is 28.2 Å². The number of benzene rings is 1. The van der Waals surface area contributed by atoms with E-state index >= 15 is 0 Å². The molecular weight excluding hydrogens is 310 g/mol. The quantitative estimate of drug-likeness (QED) is 0.680. The van der Waals surface area contributed by atoms with Gasteiger partial charge >= 0.3 is 5.69 Å². The number of nitro groups is 1. The van der Waals surface area contributed by atoms with Crippen molar-refractivity contribution in [1.82, 2.24) is 20.4 Å². The fourth-order valence-electron chi connectivity index (χ4n) is 2.45. The van der Waals surface area contributed by atoms with Crippen molar-refractivity contribution in [3.05, 3.63) is 39.2 Å². The van der Waals surface area contributed by atoms with Crippen LogP contribution in [-0.4, -0.2) is 46.6 Å². The first-order valence-electron chi connectivity index (χ1n) is 6.75. The highest BCUT2D eigenvalue weighted by Crippen LogP contribution is 2.35. The van der Waals surface area contributed by atoms with Crippen LogP contribution in [0.5, 0.6) is 0 Å². The van der Waals surface area contributed by atoms with Crippen molar-refractivity contribution in [2.45, 2.75) is 6.04 Å². The Kier molecular flexibility index (Phi) is 4.06. The van der Waals surface area contributed by atoms with Gasteiger partial charge in [-0.25, -0.2) is 0 Å². The van der Waals surface area contributed by atoms with Crippen molar-refractivity contribution < 1.29 is 9.45 Å². The first kappa shape index (κ1) is 14.9. The zero-order chi connectivity index (χ0) is 15.7. The fourth-order valence-corrected chi connectivity index (χ4v) is 2.69. The van der Waals surface area contributed by atoms with Gasteiger partial charge in [-0.15, -0.1) is 0 Å². The minimum atomic E-state index is -0.546. The van der Waals surface area contributed by atoms with Crippen molar-refractivity contribution in [2.75, 3.05) is 26.7 Å². The minimum absolute atomic E-state index is 0.0236. The van der Waals surface area contributed by atoms with Gasteiger partial charge in [0.1, 0.15) is 10.6 Å². The summed E-state index contributed by atoms with van der Waals surface area (Å²) in [6, 6.07) is 4.59. The highest BCUT2D eigenvalue weighted by molar-refractivity contribution is 6.33. The number of nitrogens with one attached hydrogen (secondary N) is 1. The molecule has 1 aromatic heterocycles. The molecule has 0 amide bonds. The molecule has 0 radical (unpaired) electrons. The van der Waals surface area contributed by atoms with E-state index in [1.54, 1.807) is 12.1 Å². The second-order valence-corrected chi connectivity index (χ2v) is 5.46. The van der Waals surface area contributed by atoms with Crippen LogP contribution in [0.2, 0.25) is 5.02 Å². The molecule has 22 heavy (non-hydrogen) atoms. The molecule has 0 bridgehead atoms. The molecule has 1 aromatic carbocycles. The number of aromatic nitrogens is 2. The minimum Gasteiger partial charge on any atom is -0.334 e. The predicted molar refractivity (Wildman–Crippen MR) is 79.6 cm³/mol. The van der Waals surface area contributed by atoms with Crippen LogP contribution >= 0.6 is 11.6 Å². The maximum atomic E-state index is 11.2. The largest absolute Gasteiger partial charge is 0.334 e. The average molecular weight is 324 g/mol. The summed E-state index contributed by atoms with van der Waals surface area (Å²) in [4.78, 5) is 17.1. The number of rotatable bonds is 3. The van der Waals surface area contributed by atoms with E-state index in [9.17, 15) is 10.1 Å². The fraction of sp³-hybridized carbons (Fsp3) is 0.385. The van der Waals surface area contributed by atoms with E-state index in [1.165, 1.54) is 6.07 Å². The number of hydrogen-bond acceptors (Lipinski definition) is 7. The summed E-state index contributed by atoms with van der Waals surface area (Å²) in [5.74, 6) is 0.599. The van der Waals surface area contributed by atoms with E-state index < -0.39 is 4.92 Å². The third-order valence-electron chi connectivity index (χ3n) is 3.65. The van der Waals surface area contributed by atoms with Gasteiger partial charge in [-0.2, -0.15) is 4.98 Å². The molecule has 1 N–H and O–H groups in total. The molecule has 1 aliphatic rings. The predicted octanol–water partition coefficient (Wildman–Crippen LogP) is 1.87. The van der Waals surface area contributed by atoms with Gasteiger partial charge in [0.15, 0.2) is 5.82 Å². The molecule has 3 rings (SSSR count). The summed E-state index contributed by atoms with van der Waals surface area (Å²) in [6.07, 6.45) is 0. The van der Waals surface area contributed by atoms with Crippen LogP contribution in [0.15, 0.2) is 22.7 Å². The SMILES string of the molecule is CN1CCNCC1c1noc(-c2cccc(Cl)c2[N+](=O)[O-])n1. The second-order valence-electron chi connectivity index (χ2n) is 5.05. The first-order chi connectivity index (χ1) is 10.6. The lowest BCUT2D eigenvalue weighted by molar-refractivity contribution is -0.384. The summed E-state index contributed by atoms with van der Waals surface area (Å²) in [5, 5.41) is 18.5. The van der Waals surface area contributed by atoms with E-state index in [4.69, 9.17) is 16.1 Å². The van der Waals surface area contributed by atoms with Crippen molar-refractivity contribution in [2.24, 2.45) is 0 Å². The van der Waals surface area contributed by atoms with Gasteiger partial charge in [0.05, 0.1) is 11.0 Å². The molecule has 2 aromatic rings. The van der Waals surface area contributed by atoms with E-state index in [1.807, 2.05) is 7.05 Å². The smallest absolute Gasteiger partial charge is 0.300 e. The summed E-state index contributed by atoms with van der Waals surface area (Å²) < 4.78 is 5.22. The zero-order valence-electron chi connectivity index (χ0n) is 11.8. The Balaban J connectivity index is 1.98. The Morgan fingerprint density at radius 2 is 2.36 bits per heavy atom. The van der Waals surface area contributed by atoms with Gasteiger partial charge < -0.3 is 9.84 Å². The molecule has 0 aliphatic carbocycles. The van der Waals surface area contributed by atoms with E-state index in [2.05, 4.69) is 20.4 Å². The monoisotopic (exact) mass is 323 g/mol. The van der Waals surface area contributed by atoms with Crippen LogP contribution in [0.3, 0.4) is 0 Å². The molecule has 2 heterocycles. The van der Waals surface area contributed by atoms with Crippen molar-refractivity contribution in [3.8, 4) is 11.5 Å². The number of nitrogens with zero attached hydrogens (tertiary/aromatic N) is 4. The van der Waals surface area contributed by atoms with Crippen molar-refractivity contribution in [3.63, 3.8) is 0 Å². The summed E-state index contributed by atoms with van der Waals surface area (Å²) in [5.41, 5.74) is -0.00263. The topological polar surface area (TPSA) is 97.3 Å². The van der Waals surface area contributed by atoms with Gasteiger partial charge in [0.2, 0.25) is 0 Å². The van der Waals surface area contributed by atoms with Gasteiger partial charge in [-0.05, 0) is 19.2 Å². The number of piperazine rings is 1. The normalized spacial score (nSPS) is 19.3. The summed E-state index contributed by atoms with van der Waals surface area (Å²) in [7, 11) is 1.98. The lowest BCUT2D eigenvalue weighted by Crippen LogP contribution is -2.44. The summed E-state index contributed by atoms with van der Waals surface area (Å²) in [6.45, 7) is 2.47. The maximum absolute atomic E-state index is 11.2. The molecule has 1 aliphatic heterocycles. The molecule has 0 spiro atoms. The van der Waals surface area contributed by atoms with Gasteiger partial charge in [0.25, 0.3) is 5.89 Å². The van der Waals surface area contributed by atoms with Crippen LogP contribution in [0.25, 0.3) is 11.5 Å². The molecule has 1 atom stereocenters. The molecule has 1 unspecified atom stereocenters. The highest BCUT2D eigenvalue weighted by atomic mass is 35.5. The number of nitro benzene ring substituents is 1. The third kappa shape index (κ3) is 2.68. The van der Waals surface area contributed by atoms with Crippen LogP contribution in [0.4, 0.5) is 5.69 Å². The second kappa shape index (κ2) is 5.99. The van der Waals surface area contributed by atoms with Crippen molar-refractivity contribution >= 4 is 17.3 Å². The molecule has 0 saturated carbocycles. The molecule has 1 saturated heterocycles. The highest BCUT2D eigenvalue weighted by Gasteiger charge is 2.28. The maximum Gasteiger partial charge on any atom is 0.300 e. The van der Waals surface area contributed by atoms with Gasteiger partial charge in [-0.3, -0.25) is 15.0 Å². The molecule has 116 valence electrons. The van der Waals surface area contributed by atoms with Crippen LogP contribution in [-0.2, 0) is 0 Å². The van der Waals surface area contributed by atoms with E-state index in [0.717, 1.165) is 13.1 Å². The number of halogens is 1. The Morgan fingerprint density at radius 1 is 1.55 bits per heavy atom. The van der Waals surface area contributed by atoms with Gasteiger partial charge in [0, 0.05) is 19.6 Å². The molecule has 9 heteroatoms. The first-order valence-corrected chi connectivity index (χ1v) is 7.13. The van der Waals surface area contributed by atoms with Gasteiger partial charge in [-0.1, -0.05) is 22.8 Å². The van der Waals surface area contributed by atoms with Crippen LogP contribution < -0.4 is 5.32 Å². The third-order valence-corrected chi connectivity index (χ3v) is 3.96. The number of para-hydroxylation sites is 1. The van der Waals surface area contributed by atoms with Crippen LogP contribution in [0.1, 0.15) is 11.9 Å². The Morgan fingerprint density at radius 3 is 3.09 bits per heavy atom. The molecular formula is C13H14ClN5O3. The summed E-state index contributed by atoms with van der Waals surface area (Å²) >= 11 is 5.90. The number of hydrogen-bond donors (Lipinski definition) is 1. The standard InChI is InChI=1S/C13H14ClN5O3/c1-18-6-5-15-7-10(18)12-16-13(22-17-12)8-3-2-4-9(14)11(8)19(20)21/h2-4,10,15H,5-7H2,1H3. The van der Waals surface area contributed by atoms with Crippen molar-refractivity contribution in [1.29, 1.82) is 0 Å². The zero-order valence-corrected chi connectivity index (χ0v) is 12.6.